The van der Waals surface area contributed by atoms with Crippen molar-refractivity contribution < 1.29 is 4.79 Å². The van der Waals surface area contributed by atoms with Gasteiger partial charge in [-0.1, -0.05) is 53.9 Å². The summed E-state index contributed by atoms with van der Waals surface area (Å²) in [6.07, 6.45) is 5.33. The number of benzene rings is 2. The third-order valence-electron chi connectivity index (χ3n) is 7.19. The smallest absolute Gasteiger partial charge is 0.264 e. The number of carbonyl (C=O) groups excluding carboxylic acids is 1. The van der Waals surface area contributed by atoms with Crippen LogP contribution in [0.4, 0.5) is 11.6 Å². The molecule has 12 heteroatoms. The van der Waals surface area contributed by atoms with Gasteiger partial charge < -0.3 is 22.1 Å². The van der Waals surface area contributed by atoms with Gasteiger partial charge in [-0.15, -0.1) is 5.10 Å². The van der Waals surface area contributed by atoms with Crippen LogP contribution in [0.5, 0.6) is 0 Å². The third kappa shape index (κ3) is 5.34. The van der Waals surface area contributed by atoms with Crippen LogP contribution in [0.15, 0.2) is 76.7 Å². The molecule has 0 radical (unpaired) electrons. The Morgan fingerprint density at radius 2 is 1.89 bits per heavy atom. The van der Waals surface area contributed by atoms with E-state index >= 15 is 0 Å². The molecule has 2 aromatic carbocycles. The highest BCUT2D eigenvalue weighted by molar-refractivity contribution is 7.99. The molecule has 0 aliphatic carbocycles. The lowest BCUT2D eigenvalue weighted by molar-refractivity contribution is 0.0940. The number of amides is 1. The number of nitrogen functional groups attached to an aromatic ring is 1. The second-order valence-electron chi connectivity index (χ2n) is 10.4. The van der Waals surface area contributed by atoms with Gasteiger partial charge in [0, 0.05) is 36.7 Å². The lowest BCUT2D eigenvalue weighted by Gasteiger charge is -2.21. The minimum Gasteiger partial charge on any atom is -0.381 e. The number of nitrogens with zero attached hydrogens (tertiary/aromatic N) is 5. The number of thioether (sulfide) groups is 1. The molecule has 1 amide bonds. The van der Waals surface area contributed by atoms with Crippen LogP contribution >= 0.6 is 11.8 Å². The van der Waals surface area contributed by atoms with Gasteiger partial charge in [-0.2, -0.15) is 5.10 Å². The highest BCUT2D eigenvalue weighted by Gasteiger charge is 2.26. The van der Waals surface area contributed by atoms with Crippen LogP contribution in [0.25, 0.3) is 22.7 Å². The van der Waals surface area contributed by atoms with Crippen molar-refractivity contribution in [3.05, 3.63) is 99.6 Å². The van der Waals surface area contributed by atoms with Crippen LogP contribution in [0.3, 0.4) is 0 Å². The first-order valence-corrected chi connectivity index (χ1v) is 14.9. The molecule has 222 valence electrons. The number of pyridine rings is 1. The van der Waals surface area contributed by atoms with E-state index in [4.69, 9.17) is 11.5 Å². The van der Waals surface area contributed by atoms with Crippen LogP contribution in [-0.4, -0.2) is 42.0 Å². The predicted molar refractivity (Wildman–Crippen MR) is 175 cm³/mol. The molecule has 0 fully saturated rings. The molecule has 1 aliphatic heterocycles. The van der Waals surface area contributed by atoms with Gasteiger partial charge in [-0.3, -0.25) is 18.8 Å². The van der Waals surface area contributed by atoms with Crippen LogP contribution in [-0.2, 0) is 7.05 Å². The van der Waals surface area contributed by atoms with Crippen LogP contribution in [0, 0.1) is 11.8 Å². The number of anilines is 2. The minimum absolute atomic E-state index is 0.113. The fourth-order valence-electron chi connectivity index (χ4n) is 5.21. The molecule has 1 aliphatic rings. The van der Waals surface area contributed by atoms with Crippen LogP contribution in [0.1, 0.15) is 47.1 Å². The molecule has 6 N–H and O–H groups in total. The standard InChI is InChI=1S/C32H31N9O2S/c1-19(37-30(42)27-28(34)38-40-16-8-15-35-29(27)40)25-17-22-10-7-9-21(13-14-23-18-36-39(3)32(23)44-20(2)33)26(22)31(43)41(25)24-11-5-4-6-12-24/h4-12,16-20,35H,15,33H2,1-3H3,(H2,34,38)(H,37,42). The zero-order valence-electron chi connectivity index (χ0n) is 24.4. The number of nitrogens with one attached hydrogen (secondary N) is 2. The van der Waals surface area contributed by atoms with Gasteiger partial charge in [-0.25, -0.2) is 4.68 Å². The van der Waals surface area contributed by atoms with E-state index in [2.05, 4.69) is 32.7 Å². The molecule has 3 aromatic heterocycles. The Labute approximate surface area is 257 Å². The second-order valence-corrected chi connectivity index (χ2v) is 11.8. The molecule has 0 spiro atoms. The lowest BCUT2D eigenvalue weighted by atomic mass is 10.0. The lowest BCUT2D eigenvalue weighted by Crippen LogP contribution is -2.33. The second kappa shape index (κ2) is 11.8. The number of hydrogen-bond acceptors (Lipinski definition) is 8. The number of carbonyl (C=O) groups is 1. The summed E-state index contributed by atoms with van der Waals surface area (Å²) in [7, 11) is 1.84. The Hall–Kier alpha value is -5.25. The zero-order valence-corrected chi connectivity index (χ0v) is 25.2. The van der Waals surface area contributed by atoms with E-state index < -0.39 is 11.9 Å². The molecule has 0 saturated heterocycles. The van der Waals surface area contributed by atoms with Crippen molar-refractivity contribution in [1.82, 2.24) is 29.4 Å². The van der Waals surface area contributed by atoms with Gasteiger partial charge >= 0.3 is 0 Å². The van der Waals surface area contributed by atoms with Crippen LogP contribution in [0.2, 0.25) is 0 Å². The Bertz CT molecular complexity index is 2050. The van der Waals surface area contributed by atoms with E-state index in [9.17, 15) is 9.59 Å². The summed E-state index contributed by atoms with van der Waals surface area (Å²) in [5.74, 6) is 6.64. The van der Waals surface area contributed by atoms with E-state index in [0.29, 0.717) is 40.1 Å². The highest BCUT2D eigenvalue weighted by atomic mass is 32.2. The highest BCUT2D eigenvalue weighted by Crippen LogP contribution is 2.28. The summed E-state index contributed by atoms with van der Waals surface area (Å²) < 4.78 is 4.91. The molecular weight excluding hydrogens is 574 g/mol. The van der Waals surface area contributed by atoms with Crippen molar-refractivity contribution in [1.29, 1.82) is 0 Å². The molecule has 0 bridgehead atoms. The average Bonchev–Trinajstić information content (AvgIpc) is 3.53. The number of aromatic nitrogens is 5. The quantitative estimate of drug-likeness (QED) is 0.130. The zero-order chi connectivity index (χ0) is 31.0. The molecule has 0 saturated carbocycles. The van der Waals surface area contributed by atoms with E-state index in [-0.39, 0.29) is 22.3 Å². The van der Waals surface area contributed by atoms with E-state index in [1.807, 2.05) is 81.6 Å². The molecule has 6 rings (SSSR count). The van der Waals surface area contributed by atoms with Crippen molar-refractivity contribution >= 4 is 46.3 Å². The molecule has 11 nitrogen and oxygen atoms in total. The van der Waals surface area contributed by atoms with Gasteiger partial charge in [0.1, 0.15) is 16.4 Å². The number of para-hydroxylation sites is 1. The Kier molecular flexibility index (Phi) is 7.73. The molecule has 44 heavy (non-hydrogen) atoms. The number of fused-ring (bicyclic) bond motifs is 2. The fraction of sp³-hybridized carbons (Fsp3) is 0.188. The van der Waals surface area contributed by atoms with Crippen molar-refractivity contribution in [3.8, 4) is 17.5 Å². The minimum atomic E-state index is -0.572. The Morgan fingerprint density at radius 1 is 1.11 bits per heavy atom. The number of hydrogen-bond donors (Lipinski definition) is 4. The SMILES string of the molecule is CC(N)Sc1c(C#Cc2cccc3cc(C(C)NC(=O)c4c(N)nn5c4NCC=C5)n(-c4ccccc4)c(=O)c23)cnn1C. The summed E-state index contributed by atoms with van der Waals surface area (Å²) in [6.45, 7) is 4.29. The van der Waals surface area contributed by atoms with E-state index in [1.54, 1.807) is 26.3 Å². The predicted octanol–water partition coefficient (Wildman–Crippen LogP) is 3.69. The Morgan fingerprint density at radius 3 is 2.66 bits per heavy atom. The molecular formula is C32H31N9O2S. The van der Waals surface area contributed by atoms with E-state index in [0.717, 1.165) is 10.6 Å². The normalized spacial score (nSPS) is 13.5. The first kappa shape index (κ1) is 28.9. The number of rotatable bonds is 6. The maximum Gasteiger partial charge on any atom is 0.264 e. The first-order valence-electron chi connectivity index (χ1n) is 14.0. The van der Waals surface area contributed by atoms with Crippen LogP contribution < -0.4 is 27.7 Å². The maximum atomic E-state index is 14.4. The van der Waals surface area contributed by atoms with Gasteiger partial charge in [0.15, 0.2) is 5.82 Å². The third-order valence-corrected chi connectivity index (χ3v) is 8.27. The van der Waals surface area contributed by atoms with Gasteiger partial charge in [0.25, 0.3) is 11.5 Å². The van der Waals surface area contributed by atoms with Crippen molar-refractivity contribution in [3.63, 3.8) is 0 Å². The van der Waals surface area contributed by atoms with Crippen molar-refractivity contribution in [2.45, 2.75) is 30.3 Å². The molecule has 2 atom stereocenters. The first-order chi connectivity index (χ1) is 21.2. The maximum absolute atomic E-state index is 14.4. The molecule has 5 aromatic rings. The summed E-state index contributed by atoms with van der Waals surface area (Å²) in [4.78, 5) is 27.9. The summed E-state index contributed by atoms with van der Waals surface area (Å²) in [5.41, 5.74) is 14.7. The van der Waals surface area contributed by atoms with Crippen molar-refractivity contribution in [2.75, 3.05) is 17.6 Å². The van der Waals surface area contributed by atoms with Crippen molar-refractivity contribution in [2.24, 2.45) is 12.8 Å². The summed E-state index contributed by atoms with van der Waals surface area (Å²) >= 11 is 1.47. The average molecular weight is 606 g/mol. The van der Waals surface area contributed by atoms with Gasteiger partial charge in [0.05, 0.1) is 28.6 Å². The topological polar surface area (TPSA) is 151 Å². The van der Waals surface area contributed by atoms with E-state index in [1.165, 1.54) is 11.8 Å². The largest absolute Gasteiger partial charge is 0.381 e. The van der Waals surface area contributed by atoms with Gasteiger partial charge in [0.2, 0.25) is 0 Å². The molecule has 2 unspecified atom stereocenters. The summed E-state index contributed by atoms with van der Waals surface area (Å²) in [5, 5.41) is 16.7. The molecule has 4 heterocycles. The summed E-state index contributed by atoms with van der Waals surface area (Å²) in [6, 6.07) is 16.2. The monoisotopic (exact) mass is 605 g/mol. The van der Waals surface area contributed by atoms with Gasteiger partial charge in [-0.05, 0) is 49.6 Å². The fourth-order valence-corrected chi connectivity index (χ4v) is 6.00. The number of nitrogens with two attached hydrogens (primary N) is 2. The Balaban J connectivity index is 1.45. The number of aryl methyl sites for hydroxylation is 1.